The Hall–Kier alpha value is -1.17. The molecule has 1 fully saturated rings. The fourth-order valence-corrected chi connectivity index (χ4v) is 3.05. The number of likely N-dealkylation sites (N-methyl/N-ethyl adjacent to an activating group) is 1. The molecule has 2 rings (SSSR count). The zero-order chi connectivity index (χ0) is 14.7. The maximum atomic E-state index is 11.0. The highest BCUT2D eigenvalue weighted by atomic mass is 35.5. The molecule has 2 atom stereocenters. The molecule has 0 aliphatic heterocycles. The first-order chi connectivity index (χ1) is 9.49. The van der Waals surface area contributed by atoms with Crippen molar-refractivity contribution in [1.29, 1.82) is 0 Å². The van der Waals surface area contributed by atoms with E-state index in [9.17, 15) is 15.2 Å². The molecule has 2 unspecified atom stereocenters. The van der Waals surface area contributed by atoms with Crippen LogP contribution < -0.4 is 0 Å². The summed E-state index contributed by atoms with van der Waals surface area (Å²) in [6, 6.07) is 4.65. The van der Waals surface area contributed by atoms with Crippen LogP contribution in [0.15, 0.2) is 18.2 Å². The van der Waals surface area contributed by atoms with Gasteiger partial charge in [-0.1, -0.05) is 24.4 Å². The highest BCUT2D eigenvalue weighted by Gasteiger charge is 2.27. The molecule has 0 heterocycles. The summed E-state index contributed by atoms with van der Waals surface area (Å²) in [4.78, 5) is 12.6. The van der Waals surface area contributed by atoms with Crippen LogP contribution in [0.25, 0.3) is 0 Å². The molecule has 0 saturated heterocycles. The number of benzene rings is 1. The summed E-state index contributed by atoms with van der Waals surface area (Å²) < 4.78 is 0. The van der Waals surface area contributed by atoms with Crippen LogP contribution in [-0.2, 0) is 6.54 Å². The minimum absolute atomic E-state index is 0.0577. The van der Waals surface area contributed by atoms with Crippen LogP contribution >= 0.6 is 11.6 Å². The van der Waals surface area contributed by atoms with Crippen LogP contribution in [0.4, 0.5) is 5.69 Å². The van der Waals surface area contributed by atoms with Crippen LogP contribution in [0.1, 0.15) is 31.2 Å². The van der Waals surface area contributed by atoms with Crippen molar-refractivity contribution in [3.63, 3.8) is 0 Å². The SMILES string of the molecule is CN(Cc1cc(Cl)ccc1[N+](=O)[O-])C1CCCCC1O. The Morgan fingerprint density at radius 2 is 2.15 bits per heavy atom. The molecular weight excluding hydrogens is 280 g/mol. The molecule has 110 valence electrons. The summed E-state index contributed by atoms with van der Waals surface area (Å²) in [6.07, 6.45) is 3.50. The summed E-state index contributed by atoms with van der Waals surface area (Å²) in [6.45, 7) is 0.415. The average molecular weight is 299 g/mol. The highest BCUT2D eigenvalue weighted by Crippen LogP contribution is 2.27. The molecule has 0 bridgehead atoms. The normalized spacial score (nSPS) is 23.0. The quantitative estimate of drug-likeness (QED) is 0.685. The van der Waals surface area contributed by atoms with E-state index in [1.807, 2.05) is 11.9 Å². The van der Waals surface area contributed by atoms with Gasteiger partial charge in [0.05, 0.1) is 11.0 Å². The van der Waals surface area contributed by atoms with Crippen molar-refractivity contribution in [2.24, 2.45) is 0 Å². The van der Waals surface area contributed by atoms with Crippen molar-refractivity contribution in [2.75, 3.05) is 7.05 Å². The maximum absolute atomic E-state index is 11.0. The number of aliphatic hydroxyl groups is 1. The van der Waals surface area contributed by atoms with Crippen LogP contribution in [-0.4, -0.2) is 34.1 Å². The van der Waals surface area contributed by atoms with E-state index in [4.69, 9.17) is 11.6 Å². The zero-order valence-corrected chi connectivity index (χ0v) is 12.2. The van der Waals surface area contributed by atoms with E-state index in [0.29, 0.717) is 17.1 Å². The molecule has 1 saturated carbocycles. The van der Waals surface area contributed by atoms with E-state index >= 15 is 0 Å². The molecule has 5 nitrogen and oxygen atoms in total. The standard InChI is InChI=1S/C14H19ClN2O3/c1-16(13-4-2-3-5-14(13)18)9-10-8-11(15)6-7-12(10)17(19)20/h6-8,13-14,18H,2-5,9H2,1H3. The Morgan fingerprint density at radius 1 is 1.45 bits per heavy atom. The zero-order valence-electron chi connectivity index (χ0n) is 11.5. The van der Waals surface area contributed by atoms with Crippen LogP contribution in [0.5, 0.6) is 0 Å². The fourth-order valence-electron chi connectivity index (χ4n) is 2.85. The first kappa shape index (κ1) is 15.2. The van der Waals surface area contributed by atoms with Gasteiger partial charge in [-0.15, -0.1) is 0 Å². The van der Waals surface area contributed by atoms with Crippen molar-refractivity contribution < 1.29 is 10.0 Å². The first-order valence-corrected chi connectivity index (χ1v) is 7.18. The lowest BCUT2D eigenvalue weighted by atomic mass is 9.91. The molecular formula is C14H19ClN2O3. The lowest BCUT2D eigenvalue weighted by Gasteiger charge is -2.35. The molecule has 20 heavy (non-hydrogen) atoms. The minimum atomic E-state index is -0.392. The Kier molecular flexibility index (Phi) is 4.96. The van der Waals surface area contributed by atoms with Crippen LogP contribution in [0.2, 0.25) is 5.02 Å². The number of rotatable bonds is 4. The first-order valence-electron chi connectivity index (χ1n) is 6.80. The van der Waals surface area contributed by atoms with Gasteiger partial charge >= 0.3 is 0 Å². The Balaban J connectivity index is 2.16. The summed E-state index contributed by atoms with van der Waals surface area (Å²) in [5, 5.41) is 21.6. The van der Waals surface area contributed by atoms with Crippen molar-refractivity contribution >= 4 is 17.3 Å². The van der Waals surface area contributed by atoms with Gasteiger partial charge in [0.1, 0.15) is 0 Å². The number of nitro groups is 1. The molecule has 1 aromatic rings. The summed E-state index contributed by atoms with van der Waals surface area (Å²) in [7, 11) is 1.89. The van der Waals surface area contributed by atoms with E-state index in [1.165, 1.54) is 12.1 Å². The summed E-state index contributed by atoms with van der Waals surface area (Å²) in [5.74, 6) is 0. The third kappa shape index (κ3) is 3.48. The Bertz CT molecular complexity index is 495. The number of aliphatic hydroxyl groups excluding tert-OH is 1. The second-order valence-electron chi connectivity index (χ2n) is 5.36. The summed E-state index contributed by atoms with van der Waals surface area (Å²) >= 11 is 5.93. The Labute approximate surface area is 123 Å². The minimum Gasteiger partial charge on any atom is -0.391 e. The number of halogens is 1. The number of nitrogens with zero attached hydrogens (tertiary/aromatic N) is 2. The molecule has 6 heteroatoms. The van der Waals surface area contributed by atoms with Gasteiger partial charge < -0.3 is 5.11 Å². The maximum Gasteiger partial charge on any atom is 0.273 e. The lowest BCUT2D eigenvalue weighted by molar-refractivity contribution is -0.385. The van der Waals surface area contributed by atoms with Crippen molar-refractivity contribution in [1.82, 2.24) is 4.90 Å². The number of hydrogen-bond donors (Lipinski definition) is 1. The largest absolute Gasteiger partial charge is 0.391 e. The monoisotopic (exact) mass is 298 g/mol. The molecule has 1 aliphatic rings. The predicted molar refractivity (Wildman–Crippen MR) is 77.8 cm³/mol. The highest BCUT2D eigenvalue weighted by molar-refractivity contribution is 6.30. The fraction of sp³-hybridized carbons (Fsp3) is 0.571. The Morgan fingerprint density at radius 3 is 2.80 bits per heavy atom. The van der Waals surface area contributed by atoms with Gasteiger partial charge in [0.25, 0.3) is 5.69 Å². The molecule has 0 aromatic heterocycles. The van der Waals surface area contributed by atoms with Gasteiger partial charge in [-0.2, -0.15) is 0 Å². The van der Waals surface area contributed by atoms with Crippen LogP contribution in [0, 0.1) is 10.1 Å². The third-order valence-corrected chi connectivity index (χ3v) is 4.15. The molecule has 0 radical (unpaired) electrons. The van der Waals surface area contributed by atoms with Crippen molar-refractivity contribution in [3.05, 3.63) is 38.9 Å². The molecule has 0 amide bonds. The number of nitro benzene ring substituents is 1. The van der Waals surface area contributed by atoms with Gasteiger partial charge in [0, 0.05) is 29.2 Å². The smallest absolute Gasteiger partial charge is 0.273 e. The average Bonchev–Trinajstić information content (AvgIpc) is 2.38. The van der Waals surface area contributed by atoms with Gasteiger partial charge in [-0.25, -0.2) is 0 Å². The van der Waals surface area contributed by atoms with E-state index in [-0.39, 0.29) is 17.8 Å². The predicted octanol–water partition coefficient (Wildman–Crippen LogP) is 2.98. The second kappa shape index (κ2) is 6.52. The van der Waals surface area contributed by atoms with Crippen molar-refractivity contribution in [2.45, 2.75) is 44.4 Å². The third-order valence-electron chi connectivity index (χ3n) is 3.92. The topological polar surface area (TPSA) is 66.6 Å². The molecule has 1 aliphatic carbocycles. The molecule has 0 spiro atoms. The van der Waals surface area contributed by atoms with Crippen molar-refractivity contribution in [3.8, 4) is 0 Å². The van der Waals surface area contributed by atoms with E-state index in [1.54, 1.807) is 6.07 Å². The molecule has 1 N–H and O–H groups in total. The molecule has 1 aromatic carbocycles. The van der Waals surface area contributed by atoms with Crippen LogP contribution in [0.3, 0.4) is 0 Å². The van der Waals surface area contributed by atoms with E-state index in [2.05, 4.69) is 0 Å². The summed E-state index contributed by atoms with van der Waals surface area (Å²) in [5.41, 5.74) is 0.661. The van der Waals surface area contributed by atoms with Gasteiger partial charge in [0.15, 0.2) is 0 Å². The van der Waals surface area contributed by atoms with E-state index < -0.39 is 4.92 Å². The van der Waals surface area contributed by atoms with E-state index in [0.717, 1.165) is 25.7 Å². The van der Waals surface area contributed by atoms with Gasteiger partial charge in [0.2, 0.25) is 0 Å². The second-order valence-corrected chi connectivity index (χ2v) is 5.80. The lowest BCUT2D eigenvalue weighted by Crippen LogP contribution is -2.42. The van der Waals surface area contributed by atoms with Gasteiger partial charge in [-0.05, 0) is 32.0 Å². The van der Waals surface area contributed by atoms with Gasteiger partial charge in [-0.3, -0.25) is 15.0 Å². The number of hydrogen-bond acceptors (Lipinski definition) is 4.